The van der Waals surface area contributed by atoms with Gasteiger partial charge in [0.05, 0.1) is 11.0 Å². The molecule has 0 spiro atoms. The van der Waals surface area contributed by atoms with Gasteiger partial charge >= 0.3 is 6.09 Å². The highest BCUT2D eigenvalue weighted by atomic mass is 16.6. The fraction of sp³-hybridized carbons (Fsp3) is 0.636. The van der Waals surface area contributed by atoms with E-state index in [9.17, 15) is 14.9 Å². The molecule has 2 amide bonds. The van der Waals surface area contributed by atoms with Crippen LogP contribution in [0.15, 0.2) is 18.3 Å². The van der Waals surface area contributed by atoms with E-state index in [0.29, 0.717) is 30.4 Å². The SMILES string of the molecule is N#Cc1cccnc1NC1CCN(C(=O)OC2C3CC4CC2CC(C(N)=O)(C4)C3)C1. The Balaban J connectivity index is 1.20. The number of likely N-dealkylation sites (tertiary alicyclic amines) is 1. The summed E-state index contributed by atoms with van der Waals surface area (Å²) in [6.45, 7) is 1.14. The van der Waals surface area contributed by atoms with Gasteiger partial charge in [0.15, 0.2) is 0 Å². The van der Waals surface area contributed by atoms with Crippen molar-refractivity contribution in [3.05, 3.63) is 23.9 Å². The molecule has 4 saturated carbocycles. The number of carbonyl (C=O) groups is 2. The lowest BCUT2D eigenvalue weighted by Gasteiger charge is -2.58. The maximum atomic E-state index is 12.9. The van der Waals surface area contributed by atoms with Crippen LogP contribution >= 0.6 is 0 Å². The minimum absolute atomic E-state index is 0.0381. The van der Waals surface area contributed by atoms with Crippen LogP contribution in [0.3, 0.4) is 0 Å². The van der Waals surface area contributed by atoms with E-state index >= 15 is 0 Å². The number of amides is 2. The number of anilines is 1. The maximum Gasteiger partial charge on any atom is 0.410 e. The molecule has 1 aromatic rings. The zero-order chi connectivity index (χ0) is 20.9. The largest absolute Gasteiger partial charge is 0.446 e. The zero-order valence-electron chi connectivity index (χ0n) is 16.9. The molecule has 8 nitrogen and oxygen atoms in total. The lowest BCUT2D eigenvalue weighted by molar-refractivity contribution is -0.161. The Morgan fingerprint density at radius 2 is 2.07 bits per heavy atom. The summed E-state index contributed by atoms with van der Waals surface area (Å²) in [6.07, 6.45) is 6.54. The summed E-state index contributed by atoms with van der Waals surface area (Å²) in [5.41, 5.74) is 5.87. The predicted molar refractivity (Wildman–Crippen MR) is 108 cm³/mol. The monoisotopic (exact) mass is 409 g/mol. The number of nitrogens with one attached hydrogen (secondary N) is 1. The van der Waals surface area contributed by atoms with Crippen molar-refractivity contribution in [2.24, 2.45) is 28.9 Å². The topological polar surface area (TPSA) is 121 Å². The van der Waals surface area contributed by atoms with E-state index in [4.69, 9.17) is 10.5 Å². The van der Waals surface area contributed by atoms with Gasteiger partial charge in [-0.15, -0.1) is 0 Å². The first-order chi connectivity index (χ1) is 14.5. The van der Waals surface area contributed by atoms with Crippen molar-refractivity contribution in [2.45, 2.75) is 50.7 Å². The van der Waals surface area contributed by atoms with Gasteiger partial charge in [0, 0.05) is 25.3 Å². The highest BCUT2D eigenvalue weighted by Gasteiger charge is 2.59. The number of hydrogen-bond donors (Lipinski definition) is 2. The van der Waals surface area contributed by atoms with Crippen LogP contribution in [-0.2, 0) is 9.53 Å². The van der Waals surface area contributed by atoms with Crippen molar-refractivity contribution >= 4 is 17.8 Å². The molecule has 4 bridgehead atoms. The molecule has 4 aliphatic carbocycles. The van der Waals surface area contributed by atoms with Crippen molar-refractivity contribution in [1.82, 2.24) is 9.88 Å². The van der Waals surface area contributed by atoms with Crippen LogP contribution in [-0.4, -0.2) is 47.1 Å². The lowest BCUT2D eigenvalue weighted by atomic mass is 9.48. The van der Waals surface area contributed by atoms with Gasteiger partial charge in [-0.1, -0.05) is 0 Å². The number of rotatable bonds is 4. The third-order valence-corrected chi connectivity index (χ3v) is 7.66. The first-order valence-corrected chi connectivity index (χ1v) is 10.8. The Kier molecular flexibility index (Phi) is 4.57. The number of primary amides is 1. The molecule has 1 saturated heterocycles. The number of carbonyl (C=O) groups excluding carboxylic acids is 2. The number of pyridine rings is 1. The van der Waals surface area contributed by atoms with E-state index in [-0.39, 0.29) is 41.4 Å². The van der Waals surface area contributed by atoms with Crippen molar-refractivity contribution in [1.29, 1.82) is 5.26 Å². The average molecular weight is 409 g/mol. The fourth-order valence-corrected chi connectivity index (χ4v) is 6.51. The third-order valence-electron chi connectivity index (χ3n) is 7.66. The standard InChI is InChI=1S/C22H27N5O3/c23-11-14-2-1-4-25-19(14)26-17-3-5-27(12-17)21(29)30-18-15-6-13-7-16(18)10-22(8-13,9-15)20(24)28/h1-2,4,13,15-18H,3,5-10,12H2,(H2,24,28)(H,25,26). The fourth-order valence-electron chi connectivity index (χ4n) is 6.51. The molecule has 0 aromatic carbocycles. The van der Waals surface area contributed by atoms with Gasteiger partial charge in [0.2, 0.25) is 5.91 Å². The van der Waals surface area contributed by atoms with E-state index in [2.05, 4.69) is 16.4 Å². The Bertz CT molecular complexity index is 896. The van der Waals surface area contributed by atoms with E-state index in [1.54, 1.807) is 23.2 Å². The molecular formula is C22H27N5O3. The molecule has 3 N–H and O–H groups in total. The Morgan fingerprint density at radius 3 is 2.77 bits per heavy atom. The minimum Gasteiger partial charge on any atom is -0.446 e. The second-order valence-electron chi connectivity index (χ2n) is 9.55. The van der Waals surface area contributed by atoms with Crippen LogP contribution < -0.4 is 11.1 Å². The summed E-state index contributed by atoms with van der Waals surface area (Å²) in [7, 11) is 0. The lowest BCUT2D eigenvalue weighted by Crippen LogP contribution is -2.59. The normalized spacial score (nSPS) is 36.4. The summed E-state index contributed by atoms with van der Waals surface area (Å²) in [6, 6.07) is 5.63. The molecule has 3 unspecified atom stereocenters. The van der Waals surface area contributed by atoms with Gasteiger partial charge in [-0.2, -0.15) is 5.26 Å². The van der Waals surface area contributed by atoms with Gasteiger partial charge in [-0.3, -0.25) is 4.79 Å². The van der Waals surface area contributed by atoms with Crippen molar-refractivity contribution in [3.8, 4) is 6.07 Å². The number of nitriles is 1. The summed E-state index contributed by atoms with van der Waals surface area (Å²) >= 11 is 0. The Hall–Kier alpha value is -2.82. The zero-order valence-corrected chi connectivity index (χ0v) is 16.9. The third kappa shape index (κ3) is 3.17. The quantitative estimate of drug-likeness (QED) is 0.787. The average Bonchev–Trinajstić information content (AvgIpc) is 3.19. The number of ether oxygens (including phenoxy) is 1. The Labute approximate surface area is 175 Å². The summed E-state index contributed by atoms with van der Waals surface area (Å²) in [4.78, 5) is 31.0. The number of nitrogens with two attached hydrogens (primary N) is 1. The smallest absolute Gasteiger partial charge is 0.410 e. The van der Waals surface area contributed by atoms with Gasteiger partial charge in [0.25, 0.3) is 0 Å². The van der Waals surface area contributed by atoms with E-state index in [1.165, 1.54) is 0 Å². The molecule has 2 heterocycles. The van der Waals surface area contributed by atoms with Gasteiger partial charge in [-0.25, -0.2) is 9.78 Å². The molecule has 8 heteroatoms. The van der Waals surface area contributed by atoms with Crippen LogP contribution in [0.1, 0.15) is 44.1 Å². The summed E-state index contributed by atoms with van der Waals surface area (Å²) in [5.74, 6) is 1.41. The van der Waals surface area contributed by atoms with Crippen LogP contribution in [0.5, 0.6) is 0 Å². The van der Waals surface area contributed by atoms with Crippen LogP contribution in [0.25, 0.3) is 0 Å². The second-order valence-corrected chi connectivity index (χ2v) is 9.55. The molecule has 6 rings (SSSR count). The summed E-state index contributed by atoms with van der Waals surface area (Å²) in [5, 5.41) is 12.5. The van der Waals surface area contributed by atoms with Crippen molar-refractivity contribution in [2.75, 3.05) is 18.4 Å². The van der Waals surface area contributed by atoms with Crippen molar-refractivity contribution < 1.29 is 14.3 Å². The van der Waals surface area contributed by atoms with Crippen LogP contribution in [0, 0.1) is 34.5 Å². The molecule has 158 valence electrons. The predicted octanol–water partition coefficient (Wildman–Crippen LogP) is 2.26. The van der Waals surface area contributed by atoms with Gasteiger partial charge < -0.3 is 20.7 Å². The molecule has 1 aromatic heterocycles. The van der Waals surface area contributed by atoms with Gasteiger partial charge in [0.1, 0.15) is 18.0 Å². The molecule has 30 heavy (non-hydrogen) atoms. The van der Waals surface area contributed by atoms with E-state index < -0.39 is 0 Å². The van der Waals surface area contributed by atoms with Gasteiger partial charge in [-0.05, 0) is 68.4 Å². The number of hydrogen-bond acceptors (Lipinski definition) is 6. The van der Waals surface area contributed by atoms with Crippen LogP contribution in [0.4, 0.5) is 10.6 Å². The minimum atomic E-state index is -0.372. The Morgan fingerprint density at radius 1 is 1.30 bits per heavy atom. The van der Waals surface area contributed by atoms with E-state index in [1.807, 2.05) is 0 Å². The highest BCUT2D eigenvalue weighted by Crippen LogP contribution is 2.60. The number of nitrogens with zero attached hydrogens (tertiary/aromatic N) is 3. The maximum absolute atomic E-state index is 12.9. The molecule has 0 radical (unpaired) electrons. The van der Waals surface area contributed by atoms with Crippen molar-refractivity contribution in [3.63, 3.8) is 0 Å². The van der Waals surface area contributed by atoms with Crippen LogP contribution in [0.2, 0.25) is 0 Å². The first-order valence-electron chi connectivity index (χ1n) is 10.8. The molecule has 5 aliphatic rings. The number of aromatic nitrogens is 1. The highest BCUT2D eigenvalue weighted by molar-refractivity contribution is 5.81. The van der Waals surface area contributed by atoms with E-state index in [0.717, 1.165) is 38.5 Å². The molecule has 5 fully saturated rings. The summed E-state index contributed by atoms with van der Waals surface area (Å²) < 4.78 is 6.02. The molecule has 1 aliphatic heterocycles. The second kappa shape index (κ2) is 7.15. The first kappa shape index (κ1) is 19.2. The molecule has 3 atom stereocenters. The molecular weight excluding hydrogens is 382 g/mol.